The van der Waals surface area contributed by atoms with Gasteiger partial charge in [0.1, 0.15) is 11.5 Å². The summed E-state index contributed by atoms with van der Waals surface area (Å²) in [6, 6.07) is 25.1. The first kappa shape index (κ1) is 23.4. The molecule has 0 aliphatic carbocycles. The van der Waals surface area contributed by atoms with E-state index in [1.54, 1.807) is 18.2 Å². The molecule has 0 unspecified atom stereocenters. The maximum Gasteiger partial charge on any atom is 0.341 e. The quantitative estimate of drug-likeness (QED) is 0.305. The Morgan fingerprint density at radius 1 is 0.941 bits per heavy atom. The molecule has 0 aliphatic heterocycles. The van der Waals surface area contributed by atoms with Crippen molar-refractivity contribution < 1.29 is 19.4 Å². The van der Waals surface area contributed by atoms with Gasteiger partial charge in [-0.1, -0.05) is 54.1 Å². The van der Waals surface area contributed by atoms with Crippen LogP contribution in [0, 0.1) is 0 Å². The van der Waals surface area contributed by atoms with Gasteiger partial charge in [0.05, 0.1) is 18.0 Å². The zero-order valence-electron chi connectivity index (χ0n) is 18.8. The van der Waals surface area contributed by atoms with Crippen LogP contribution >= 0.6 is 11.6 Å². The number of hydrogen-bond donors (Lipinski definition) is 1. The van der Waals surface area contributed by atoms with Crippen LogP contribution in [0.4, 0.5) is 0 Å². The van der Waals surface area contributed by atoms with Crippen molar-refractivity contribution in [2.75, 3.05) is 13.2 Å². The van der Waals surface area contributed by atoms with Crippen LogP contribution in [0.2, 0.25) is 5.02 Å². The van der Waals surface area contributed by atoms with Gasteiger partial charge in [-0.25, -0.2) is 4.79 Å². The summed E-state index contributed by atoms with van der Waals surface area (Å²) < 4.78 is 13.3. The fourth-order valence-corrected chi connectivity index (χ4v) is 3.91. The number of carboxylic acid groups (broad SMARTS) is 1. The Hall–Kier alpha value is -3.77. The molecule has 0 saturated heterocycles. The predicted molar refractivity (Wildman–Crippen MR) is 133 cm³/mol. The number of carbonyl (C=O) groups is 1. The van der Waals surface area contributed by atoms with Crippen molar-refractivity contribution in [1.82, 2.24) is 9.78 Å². The normalized spacial score (nSPS) is 10.8. The molecule has 0 atom stereocenters. The molecule has 3 aromatic carbocycles. The Bertz CT molecular complexity index is 1270. The fraction of sp³-hybridized carbons (Fsp3) is 0.185. The third-order valence-corrected chi connectivity index (χ3v) is 5.50. The molecular weight excluding hydrogens is 452 g/mol. The highest BCUT2D eigenvalue weighted by atomic mass is 35.5. The van der Waals surface area contributed by atoms with Gasteiger partial charge in [-0.2, -0.15) is 5.10 Å². The third kappa shape index (κ3) is 5.58. The molecular formula is C27H25ClN2O4. The number of aryl methyl sites for hydroxylation is 2. The fourth-order valence-electron chi connectivity index (χ4n) is 3.74. The summed E-state index contributed by atoms with van der Waals surface area (Å²) in [5.74, 6) is 0.121. The molecule has 1 aromatic heterocycles. The third-order valence-electron chi connectivity index (χ3n) is 5.27. The van der Waals surface area contributed by atoms with Gasteiger partial charge in [0, 0.05) is 22.7 Å². The van der Waals surface area contributed by atoms with E-state index in [1.807, 2.05) is 60.1 Å². The van der Waals surface area contributed by atoms with Crippen LogP contribution in [0.3, 0.4) is 0 Å². The number of benzene rings is 3. The maximum atomic E-state index is 11.1. The minimum absolute atomic E-state index is 0.407. The molecule has 1 N–H and O–H groups in total. The van der Waals surface area contributed by atoms with Crippen molar-refractivity contribution in [3.63, 3.8) is 0 Å². The van der Waals surface area contributed by atoms with Gasteiger partial charge in [0.2, 0.25) is 0 Å². The van der Waals surface area contributed by atoms with Crippen molar-refractivity contribution in [1.29, 1.82) is 0 Å². The van der Waals surface area contributed by atoms with Crippen molar-refractivity contribution in [3.8, 4) is 34.0 Å². The van der Waals surface area contributed by atoms with Gasteiger partial charge in [-0.15, -0.1) is 0 Å². The van der Waals surface area contributed by atoms with Gasteiger partial charge < -0.3 is 14.6 Å². The van der Waals surface area contributed by atoms with Crippen LogP contribution in [0.1, 0.15) is 12.5 Å². The second kappa shape index (κ2) is 10.9. The monoisotopic (exact) mass is 476 g/mol. The van der Waals surface area contributed by atoms with E-state index in [1.165, 1.54) is 5.56 Å². The summed E-state index contributed by atoms with van der Waals surface area (Å²) in [4.78, 5) is 11.1. The van der Waals surface area contributed by atoms with Gasteiger partial charge in [-0.05, 0) is 55.3 Å². The van der Waals surface area contributed by atoms with E-state index in [0.717, 1.165) is 23.4 Å². The first-order valence-corrected chi connectivity index (χ1v) is 11.4. The number of aliphatic carboxylic acids is 1. The lowest BCUT2D eigenvalue weighted by molar-refractivity contribution is -0.139. The lowest BCUT2D eigenvalue weighted by atomic mass is 10.1. The topological polar surface area (TPSA) is 73.6 Å². The van der Waals surface area contributed by atoms with E-state index in [9.17, 15) is 4.79 Å². The van der Waals surface area contributed by atoms with Crippen LogP contribution in [0.5, 0.6) is 11.5 Å². The van der Waals surface area contributed by atoms with Crippen LogP contribution in [-0.4, -0.2) is 34.1 Å². The highest BCUT2D eigenvalue weighted by Gasteiger charge is 2.18. The van der Waals surface area contributed by atoms with E-state index >= 15 is 0 Å². The summed E-state index contributed by atoms with van der Waals surface area (Å²) in [6.45, 7) is 2.69. The molecule has 0 saturated carbocycles. The number of halogens is 1. The van der Waals surface area contributed by atoms with Crippen LogP contribution < -0.4 is 9.47 Å². The zero-order chi connectivity index (χ0) is 23.9. The van der Waals surface area contributed by atoms with Crippen molar-refractivity contribution in [2.45, 2.75) is 19.9 Å². The first-order chi connectivity index (χ1) is 16.5. The smallest absolute Gasteiger partial charge is 0.341 e. The number of nitrogens with zero attached hydrogens (tertiary/aromatic N) is 2. The lowest BCUT2D eigenvalue weighted by Gasteiger charge is -2.12. The lowest BCUT2D eigenvalue weighted by Crippen LogP contribution is -2.10. The number of hydrogen-bond acceptors (Lipinski definition) is 4. The first-order valence-electron chi connectivity index (χ1n) is 11.0. The Balaban J connectivity index is 1.78. The van der Waals surface area contributed by atoms with Crippen molar-refractivity contribution >= 4 is 17.6 Å². The minimum Gasteiger partial charge on any atom is -0.493 e. The Kier molecular flexibility index (Phi) is 7.50. The Morgan fingerprint density at radius 3 is 2.44 bits per heavy atom. The number of para-hydroxylation sites is 1. The van der Waals surface area contributed by atoms with E-state index < -0.39 is 12.6 Å². The van der Waals surface area contributed by atoms with Crippen molar-refractivity contribution in [2.24, 2.45) is 0 Å². The molecule has 4 aromatic rings. The second-order valence-electron chi connectivity index (χ2n) is 7.63. The van der Waals surface area contributed by atoms with Crippen LogP contribution in [0.25, 0.3) is 22.5 Å². The summed E-state index contributed by atoms with van der Waals surface area (Å²) in [5.41, 5.74) is 4.28. The predicted octanol–water partition coefficient (Wildman–Crippen LogP) is 5.98. The summed E-state index contributed by atoms with van der Waals surface area (Å²) in [7, 11) is 0. The molecule has 0 aliphatic rings. The largest absolute Gasteiger partial charge is 0.493 e. The summed E-state index contributed by atoms with van der Waals surface area (Å²) in [6.07, 6.45) is 0.795. The molecule has 7 heteroatoms. The molecule has 174 valence electrons. The molecule has 0 fully saturated rings. The standard InChI is InChI=1S/C27H25ClN2O4/c1-2-33-25-11-7-6-10-21(25)24-17-23(29-30(24)15-14-19-8-4-3-5-9-19)22-16-20(28)12-13-26(22)34-18-27(31)32/h3-13,16-17H,2,14-15,18H2,1H3,(H,31,32). The van der Waals surface area contributed by atoms with Crippen LogP contribution in [0.15, 0.2) is 78.9 Å². The summed E-state index contributed by atoms with van der Waals surface area (Å²) >= 11 is 6.27. The Labute approximate surface area is 203 Å². The molecule has 6 nitrogen and oxygen atoms in total. The highest BCUT2D eigenvalue weighted by molar-refractivity contribution is 6.31. The average molecular weight is 477 g/mol. The van der Waals surface area contributed by atoms with Crippen molar-refractivity contribution in [3.05, 3.63) is 89.4 Å². The number of ether oxygens (including phenoxy) is 2. The van der Waals surface area contributed by atoms with E-state index in [-0.39, 0.29) is 0 Å². The molecule has 0 radical (unpaired) electrons. The number of rotatable bonds is 10. The Morgan fingerprint density at radius 2 is 1.68 bits per heavy atom. The van der Waals surface area contributed by atoms with E-state index in [2.05, 4.69) is 12.1 Å². The highest BCUT2D eigenvalue weighted by Crippen LogP contribution is 2.37. The van der Waals surface area contributed by atoms with Gasteiger partial charge in [0.25, 0.3) is 0 Å². The van der Waals surface area contributed by atoms with E-state index in [0.29, 0.717) is 35.2 Å². The van der Waals surface area contributed by atoms with Gasteiger partial charge in [0.15, 0.2) is 6.61 Å². The van der Waals surface area contributed by atoms with E-state index in [4.69, 9.17) is 31.3 Å². The molecule has 34 heavy (non-hydrogen) atoms. The number of aromatic nitrogens is 2. The van der Waals surface area contributed by atoms with Crippen LogP contribution in [-0.2, 0) is 17.8 Å². The molecule has 0 amide bonds. The zero-order valence-corrected chi connectivity index (χ0v) is 19.5. The number of carboxylic acids is 1. The molecule has 1 heterocycles. The van der Waals surface area contributed by atoms with Gasteiger partial charge >= 0.3 is 5.97 Å². The average Bonchev–Trinajstić information content (AvgIpc) is 3.27. The van der Waals surface area contributed by atoms with Gasteiger partial charge in [-0.3, -0.25) is 4.68 Å². The molecule has 0 bridgehead atoms. The second-order valence-corrected chi connectivity index (χ2v) is 8.06. The molecule has 4 rings (SSSR count). The summed E-state index contributed by atoms with van der Waals surface area (Å²) in [5, 5.41) is 14.4. The maximum absolute atomic E-state index is 11.1. The minimum atomic E-state index is -1.05. The SMILES string of the molecule is CCOc1ccccc1-c1cc(-c2cc(Cl)ccc2OCC(=O)O)nn1CCc1ccccc1. The molecule has 0 spiro atoms.